The van der Waals surface area contributed by atoms with Gasteiger partial charge in [-0.05, 0) is 86.2 Å². The van der Waals surface area contributed by atoms with Crippen LogP contribution in [0, 0.1) is 25.2 Å². The molecule has 0 bridgehead atoms. The number of nitriles is 1. The average Bonchev–Trinajstić information content (AvgIpc) is 3.10. The monoisotopic (exact) mass is 457 g/mol. The van der Waals surface area contributed by atoms with Gasteiger partial charge in [0.2, 0.25) is 0 Å². The number of hydrogen-bond acceptors (Lipinski definition) is 2. The molecular formula is C28H28ClN3O. The van der Waals surface area contributed by atoms with Crippen molar-refractivity contribution in [3.05, 3.63) is 87.7 Å². The zero-order valence-corrected chi connectivity index (χ0v) is 19.8. The van der Waals surface area contributed by atoms with Crippen LogP contribution in [0.5, 0.6) is 0 Å². The standard InChI is InChI=1S/C28H28ClN3O/c1-19-15-23(16-24(18-30)28(33)31-26-10-6-9-25(29)17-26)20(2)32(19)27-13-11-22(12-14-27)21-7-4-3-5-8-21/h6,9-17,21H,3-5,7-8H2,1-2H3,(H,31,33)/b24-16+. The molecular weight excluding hydrogens is 430 g/mol. The molecule has 0 atom stereocenters. The second-order valence-corrected chi connectivity index (χ2v) is 9.16. The van der Waals surface area contributed by atoms with Crippen LogP contribution in [-0.2, 0) is 4.79 Å². The van der Waals surface area contributed by atoms with Gasteiger partial charge in [0.05, 0.1) is 0 Å². The van der Waals surface area contributed by atoms with E-state index in [1.54, 1.807) is 30.3 Å². The number of nitrogens with one attached hydrogen (secondary N) is 1. The van der Waals surface area contributed by atoms with Crippen molar-refractivity contribution < 1.29 is 4.79 Å². The van der Waals surface area contributed by atoms with Gasteiger partial charge >= 0.3 is 0 Å². The lowest BCUT2D eigenvalue weighted by molar-refractivity contribution is -0.112. The van der Waals surface area contributed by atoms with Crippen LogP contribution in [0.4, 0.5) is 5.69 Å². The average molecular weight is 458 g/mol. The van der Waals surface area contributed by atoms with E-state index in [9.17, 15) is 10.1 Å². The molecule has 1 aliphatic rings. The number of amides is 1. The maximum absolute atomic E-state index is 12.7. The third-order valence-corrected chi connectivity index (χ3v) is 6.68. The molecule has 0 radical (unpaired) electrons. The molecule has 1 amide bonds. The Kier molecular flexibility index (Phi) is 7.01. The fourth-order valence-corrected chi connectivity index (χ4v) is 4.92. The SMILES string of the molecule is Cc1cc(/C=C(\C#N)C(=O)Nc2cccc(Cl)c2)c(C)n1-c1ccc(C2CCCCC2)cc1. The number of carbonyl (C=O) groups is 1. The number of benzene rings is 2. The van der Waals surface area contributed by atoms with E-state index in [0.717, 1.165) is 22.6 Å². The number of carbonyl (C=O) groups excluding carboxylic acids is 1. The molecule has 0 saturated heterocycles. The van der Waals surface area contributed by atoms with Gasteiger partial charge in [-0.1, -0.05) is 49.1 Å². The number of halogens is 1. The van der Waals surface area contributed by atoms with E-state index in [1.807, 2.05) is 26.0 Å². The number of aromatic nitrogens is 1. The first kappa shape index (κ1) is 22.9. The molecule has 1 fully saturated rings. The van der Waals surface area contributed by atoms with E-state index in [-0.39, 0.29) is 5.57 Å². The van der Waals surface area contributed by atoms with Crippen LogP contribution >= 0.6 is 11.6 Å². The minimum atomic E-state index is -0.457. The van der Waals surface area contributed by atoms with E-state index in [4.69, 9.17) is 11.6 Å². The molecule has 1 aliphatic carbocycles. The van der Waals surface area contributed by atoms with E-state index >= 15 is 0 Å². The van der Waals surface area contributed by atoms with E-state index in [1.165, 1.54) is 37.7 Å². The predicted molar refractivity (Wildman–Crippen MR) is 135 cm³/mol. The highest BCUT2D eigenvalue weighted by atomic mass is 35.5. The summed E-state index contributed by atoms with van der Waals surface area (Å²) in [5.74, 6) is 0.218. The van der Waals surface area contributed by atoms with Crippen molar-refractivity contribution in [2.75, 3.05) is 5.32 Å². The molecule has 0 spiro atoms. The summed E-state index contributed by atoms with van der Waals surface area (Å²) < 4.78 is 2.17. The maximum atomic E-state index is 12.7. The zero-order valence-electron chi connectivity index (χ0n) is 19.1. The summed E-state index contributed by atoms with van der Waals surface area (Å²) in [6.07, 6.45) is 8.21. The Labute approximate surface area is 200 Å². The molecule has 168 valence electrons. The Morgan fingerprint density at radius 3 is 2.48 bits per heavy atom. The highest BCUT2D eigenvalue weighted by Gasteiger charge is 2.17. The zero-order chi connectivity index (χ0) is 23.4. The molecule has 33 heavy (non-hydrogen) atoms. The van der Waals surface area contributed by atoms with Crippen LogP contribution in [0.3, 0.4) is 0 Å². The molecule has 4 rings (SSSR count). The van der Waals surface area contributed by atoms with Crippen molar-refractivity contribution >= 4 is 29.3 Å². The Bertz CT molecular complexity index is 1230. The van der Waals surface area contributed by atoms with Crippen molar-refractivity contribution in [2.24, 2.45) is 0 Å². The molecule has 1 saturated carbocycles. The molecule has 3 aromatic rings. The van der Waals surface area contributed by atoms with Gasteiger partial charge in [0.1, 0.15) is 11.6 Å². The molecule has 0 aliphatic heterocycles. The maximum Gasteiger partial charge on any atom is 0.266 e. The van der Waals surface area contributed by atoms with Crippen LogP contribution in [-0.4, -0.2) is 10.5 Å². The molecule has 2 aromatic carbocycles. The van der Waals surface area contributed by atoms with E-state index in [0.29, 0.717) is 16.6 Å². The smallest absolute Gasteiger partial charge is 0.266 e. The Morgan fingerprint density at radius 1 is 1.09 bits per heavy atom. The normalized spacial score (nSPS) is 14.7. The number of rotatable bonds is 5. The number of hydrogen-bond donors (Lipinski definition) is 1. The quantitative estimate of drug-likeness (QED) is 0.321. The van der Waals surface area contributed by atoms with Gasteiger partial charge < -0.3 is 9.88 Å². The predicted octanol–water partition coefficient (Wildman–Crippen LogP) is 7.34. The molecule has 1 aromatic heterocycles. The van der Waals surface area contributed by atoms with Gasteiger partial charge in [0.25, 0.3) is 5.91 Å². The van der Waals surface area contributed by atoms with E-state index < -0.39 is 5.91 Å². The first-order valence-corrected chi connectivity index (χ1v) is 11.8. The van der Waals surface area contributed by atoms with E-state index in [2.05, 4.69) is 34.1 Å². The summed E-state index contributed by atoms with van der Waals surface area (Å²) >= 11 is 5.99. The van der Waals surface area contributed by atoms with Crippen LogP contribution in [0.25, 0.3) is 11.8 Å². The van der Waals surface area contributed by atoms with Gasteiger partial charge in [-0.25, -0.2) is 0 Å². The van der Waals surface area contributed by atoms with Gasteiger partial charge in [0.15, 0.2) is 0 Å². The lowest BCUT2D eigenvalue weighted by Crippen LogP contribution is -2.13. The minimum absolute atomic E-state index is 0.0443. The summed E-state index contributed by atoms with van der Waals surface area (Å²) in [5, 5.41) is 12.9. The lowest BCUT2D eigenvalue weighted by atomic mass is 9.84. The Balaban J connectivity index is 1.58. The number of nitrogens with zero attached hydrogens (tertiary/aromatic N) is 2. The molecule has 1 N–H and O–H groups in total. The lowest BCUT2D eigenvalue weighted by Gasteiger charge is -2.22. The summed E-state index contributed by atoms with van der Waals surface area (Å²) in [6, 6.07) is 19.8. The Morgan fingerprint density at radius 2 is 1.82 bits per heavy atom. The van der Waals surface area contributed by atoms with Gasteiger partial charge in [-0.15, -0.1) is 0 Å². The van der Waals surface area contributed by atoms with Crippen molar-refractivity contribution in [3.8, 4) is 11.8 Å². The summed E-state index contributed by atoms with van der Waals surface area (Å²) in [4.78, 5) is 12.7. The highest BCUT2D eigenvalue weighted by Crippen LogP contribution is 2.33. The van der Waals surface area contributed by atoms with Crippen molar-refractivity contribution in [3.63, 3.8) is 0 Å². The topological polar surface area (TPSA) is 57.8 Å². The molecule has 4 nitrogen and oxygen atoms in total. The fraction of sp³-hybridized carbons (Fsp3) is 0.286. The van der Waals surface area contributed by atoms with Crippen molar-refractivity contribution in [1.29, 1.82) is 5.26 Å². The van der Waals surface area contributed by atoms with Gasteiger partial charge in [-0.2, -0.15) is 5.26 Å². The first-order valence-electron chi connectivity index (χ1n) is 11.4. The van der Waals surface area contributed by atoms with Crippen LogP contribution < -0.4 is 5.32 Å². The molecule has 1 heterocycles. The number of anilines is 1. The summed E-state index contributed by atoms with van der Waals surface area (Å²) in [7, 11) is 0. The molecule has 5 heteroatoms. The number of aryl methyl sites for hydroxylation is 1. The van der Waals surface area contributed by atoms with Gasteiger partial charge in [-0.3, -0.25) is 4.79 Å². The second kappa shape index (κ2) is 10.1. The fourth-order valence-electron chi connectivity index (χ4n) is 4.73. The third-order valence-electron chi connectivity index (χ3n) is 6.45. The van der Waals surface area contributed by atoms with Crippen LogP contribution in [0.15, 0.2) is 60.2 Å². The summed E-state index contributed by atoms with van der Waals surface area (Å²) in [5.41, 5.74) is 6.00. The van der Waals surface area contributed by atoms with Crippen LogP contribution in [0.2, 0.25) is 5.02 Å². The van der Waals surface area contributed by atoms with Crippen molar-refractivity contribution in [1.82, 2.24) is 4.57 Å². The van der Waals surface area contributed by atoms with Crippen molar-refractivity contribution in [2.45, 2.75) is 51.9 Å². The Hall–Kier alpha value is -3.29. The first-order chi connectivity index (χ1) is 16.0. The third kappa shape index (κ3) is 5.21. The molecule has 0 unspecified atom stereocenters. The minimum Gasteiger partial charge on any atom is -0.321 e. The largest absolute Gasteiger partial charge is 0.321 e. The second-order valence-electron chi connectivity index (χ2n) is 8.72. The van der Waals surface area contributed by atoms with Crippen LogP contribution in [0.1, 0.15) is 60.5 Å². The van der Waals surface area contributed by atoms with Gasteiger partial charge in [0, 0.05) is 27.8 Å². The summed E-state index contributed by atoms with van der Waals surface area (Å²) in [6.45, 7) is 4.05. The highest BCUT2D eigenvalue weighted by molar-refractivity contribution is 6.31.